The number of hydrogen-bond acceptors (Lipinski definition) is 5. The van der Waals surface area contributed by atoms with Crippen molar-refractivity contribution in [2.75, 3.05) is 6.54 Å². The lowest BCUT2D eigenvalue weighted by molar-refractivity contribution is 0.238. The van der Waals surface area contributed by atoms with E-state index in [0.717, 1.165) is 5.69 Å². The fourth-order valence-electron chi connectivity index (χ4n) is 3.09. The lowest BCUT2D eigenvalue weighted by Gasteiger charge is -2.27. The van der Waals surface area contributed by atoms with E-state index >= 15 is 0 Å². The zero-order valence-electron chi connectivity index (χ0n) is 13.7. The molecule has 132 valence electrons. The van der Waals surface area contributed by atoms with E-state index in [-0.39, 0.29) is 10.6 Å². The van der Waals surface area contributed by atoms with Crippen molar-refractivity contribution in [3.8, 4) is 11.4 Å². The summed E-state index contributed by atoms with van der Waals surface area (Å²) in [6, 6.07) is 4.95. The Balaban J connectivity index is 1.60. The molecule has 1 aliphatic heterocycles. The van der Waals surface area contributed by atoms with Crippen LogP contribution >= 0.6 is 11.6 Å². The molecule has 4 rings (SSSR count). The molecule has 0 saturated heterocycles. The van der Waals surface area contributed by atoms with Gasteiger partial charge in [-0.05, 0) is 6.07 Å². The first-order chi connectivity index (χ1) is 12.6. The fourth-order valence-corrected chi connectivity index (χ4v) is 3.28. The quantitative estimate of drug-likeness (QED) is 0.766. The van der Waals surface area contributed by atoms with Crippen molar-refractivity contribution in [2.45, 2.75) is 19.5 Å². The number of aromatic nitrogens is 4. The van der Waals surface area contributed by atoms with Crippen molar-refractivity contribution in [3.63, 3.8) is 0 Å². The zero-order valence-corrected chi connectivity index (χ0v) is 14.5. The van der Waals surface area contributed by atoms with E-state index in [2.05, 4.69) is 19.9 Å². The number of aromatic amines is 1. The molecule has 0 bridgehead atoms. The lowest BCUT2D eigenvalue weighted by atomic mass is 10.1. The van der Waals surface area contributed by atoms with Crippen LogP contribution in [0.4, 0.5) is 4.39 Å². The van der Waals surface area contributed by atoms with Gasteiger partial charge in [0.1, 0.15) is 18.0 Å². The maximum atomic E-state index is 14.1. The molecule has 6 nitrogen and oxygen atoms in total. The van der Waals surface area contributed by atoms with Crippen LogP contribution in [0.15, 0.2) is 41.7 Å². The van der Waals surface area contributed by atoms with Crippen LogP contribution < -0.4 is 5.56 Å². The Morgan fingerprint density at radius 3 is 2.88 bits per heavy atom. The molecule has 2 aromatic heterocycles. The standard InChI is InChI=1S/C18H15ClFN5O/c19-14-3-1-2-11(16(14)20)8-25-5-4-15-13(9-25)18(26)24-17(23-15)12-6-21-10-22-7-12/h1-3,6-7,10H,4-5,8-9H2,(H,23,24,26). The first-order valence-corrected chi connectivity index (χ1v) is 8.52. The van der Waals surface area contributed by atoms with E-state index in [4.69, 9.17) is 11.6 Å². The molecule has 1 aliphatic rings. The molecule has 0 radical (unpaired) electrons. The van der Waals surface area contributed by atoms with Gasteiger partial charge in [-0.15, -0.1) is 0 Å². The summed E-state index contributed by atoms with van der Waals surface area (Å²) in [5, 5.41) is 0.106. The van der Waals surface area contributed by atoms with Crippen LogP contribution in [0, 0.1) is 5.82 Å². The number of benzene rings is 1. The van der Waals surface area contributed by atoms with Gasteiger partial charge in [0.2, 0.25) is 0 Å². The predicted octanol–water partition coefficient (Wildman–Crippen LogP) is 2.58. The second kappa shape index (κ2) is 6.93. The Morgan fingerprint density at radius 1 is 1.27 bits per heavy atom. The minimum Gasteiger partial charge on any atom is -0.306 e. The van der Waals surface area contributed by atoms with Crippen LogP contribution in [0.5, 0.6) is 0 Å². The third kappa shape index (κ3) is 3.23. The number of nitrogens with one attached hydrogen (secondary N) is 1. The molecule has 3 aromatic rings. The summed E-state index contributed by atoms with van der Waals surface area (Å²) >= 11 is 5.84. The Morgan fingerprint density at radius 2 is 2.08 bits per heavy atom. The van der Waals surface area contributed by atoms with Crippen LogP contribution in [0.25, 0.3) is 11.4 Å². The van der Waals surface area contributed by atoms with Gasteiger partial charge in [-0.25, -0.2) is 19.3 Å². The minimum absolute atomic E-state index is 0.106. The molecule has 0 saturated carbocycles. The van der Waals surface area contributed by atoms with E-state index in [9.17, 15) is 9.18 Å². The third-order valence-electron chi connectivity index (χ3n) is 4.41. The zero-order chi connectivity index (χ0) is 18.1. The van der Waals surface area contributed by atoms with Crippen molar-refractivity contribution in [1.82, 2.24) is 24.8 Å². The van der Waals surface area contributed by atoms with E-state index < -0.39 is 5.82 Å². The Kier molecular flexibility index (Phi) is 4.48. The average molecular weight is 372 g/mol. The molecule has 0 unspecified atom stereocenters. The van der Waals surface area contributed by atoms with E-state index in [1.807, 2.05) is 4.90 Å². The number of H-pyrrole nitrogens is 1. The van der Waals surface area contributed by atoms with Crippen LogP contribution in [-0.2, 0) is 19.5 Å². The van der Waals surface area contributed by atoms with Crippen molar-refractivity contribution < 1.29 is 4.39 Å². The Hall–Kier alpha value is -2.64. The summed E-state index contributed by atoms with van der Waals surface area (Å²) in [7, 11) is 0. The van der Waals surface area contributed by atoms with Gasteiger partial charge in [0.25, 0.3) is 5.56 Å². The smallest absolute Gasteiger partial charge is 0.255 e. The highest BCUT2D eigenvalue weighted by Crippen LogP contribution is 2.22. The molecule has 0 aliphatic carbocycles. The maximum Gasteiger partial charge on any atom is 0.255 e. The molecule has 26 heavy (non-hydrogen) atoms. The maximum absolute atomic E-state index is 14.1. The van der Waals surface area contributed by atoms with E-state index in [0.29, 0.717) is 48.6 Å². The van der Waals surface area contributed by atoms with Crippen molar-refractivity contribution in [2.24, 2.45) is 0 Å². The summed E-state index contributed by atoms with van der Waals surface area (Å²) in [5.41, 5.74) is 2.36. The summed E-state index contributed by atoms with van der Waals surface area (Å²) in [4.78, 5) is 29.8. The van der Waals surface area contributed by atoms with Crippen molar-refractivity contribution >= 4 is 11.6 Å². The van der Waals surface area contributed by atoms with E-state index in [1.165, 1.54) is 12.4 Å². The summed E-state index contributed by atoms with van der Waals surface area (Å²) in [5.74, 6) is 0.0510. The predicted molar refractivity (Wildman–Crippen MR) is 95.1 cm³/mol. The van der Waals surface area contributed by atoms with Gasteiger partial charge in [0, 0.05) is 44.0 Å². The first-order valence-electron chi connectivity index (χ1n) is 8.14. The molecule has 3 heterocycles. The Labute approximate surface area is 153 Å². The van der Waals surface area contributed by atoms with Gasteiger partial charge < -0.3 is 4.98 Å². The minimum atomic E-state index is -0.411. The number of halogens is 2. The number of hydrogen-bond donors (Lipinski definition) is 1. The average Bonchev–Trinajstić information content (AvgIpc) is 2.66. The lowest BCUT2D eigenvalue weighted by Crippen LogP contribution is -2.35. The fraction of sp³-hybridized carbons (Fsp3) is 0.222. The van der Waals surface area contributed by atoms with Gasteiger partial charge in [0.15, 0.2) is 0 Å². The number of nitrogens with zero attached hydrogens (tertiary/aromatic N) is 4. The topological polar surface area (TPSA) is 74.8 Å². The van der Waals surface area contributed by atoms with Crippen LogP contribution in [0.1, 0.15) is 16.8 Å². The van der Waals surface area contributed by atoms with Crippen molar-refractivity contribution in [1.29, 1.82) is 0 Å². The highest BCUT2D eigenvalue weighted by Gasteiger charge is 2.22. The van der Waals surface area contributed by atoms with Crippen LogP contribution in [-0.4, -0.2) is 31.4 Å². The molecule has 8 heteroatoms. The highest BCUT2D eigenvalue weighted by atomic mass is 35.5. The summed E-state index contributed by atoms with van der Waals surface area (Å²) in [6.07, 6.45) is 5.25. The molecular formula is C18H15ClFN5O. The monoisotopic (exact) mass is 371 g/mol. The van der Waals surface area contributed by atoms with Crippen molar-refractivity contribution in [3.05, 3.63) is 74.9 Å². The van der Waals surface area contributed by atoms with E-state index in [1.54, 1.807) is 24.5 Å². The largest absolute Gasteiger partial charge is 0.306 e. The normalized spacial score (nSPS) is 14.2. The summed E-state index contributed by atoms with van der Waals surface area (Å²) in [6.45, 7) is 1.48. The van der Waals surface area contributed by atoms with Crippen LogP contribution in [0.3, 0.4) is 0 Å². The molecule has 0 atom stereocenters. The van der Waals surface area contributed by atoms with Gasteiger partial charge in [-0.1, -0.05) is 23.7 Å². The third-order valence-corrected chi connectivity index (χ3v) is 4.70. The first kappa shape index (κ1) is 16.8. The highest BCUT2D eigenvalue weighted by molar-refractivity contribution is 6.30. The molecule has 1 aromatic carbocycles. The van der Waals surface area contributed by atoms with Crippen LogP contribution in [0.2, 0.25) is 5.02 Å². The molecule has 0 spiro atoms. The second-order valence-electron chi connectivity index (χ2n) is 6.14. The molecule has 1 N–H and O–H groups in total. The number of rotatable bonds is 3. The number of fused-ring (bicyclic) bond motifs is 1. The molecular weight excluding hydrogens is 357 g/mol. The van der Waals surface area contributed by atoms with Gasteiger partial charge in [0.05, 0.1) is 21.8 Å². The molecule has 0 amide bonds. The molecule has 0 fully saturated rings. The second-order valence-corrected chi connectivity index (χ2v) is 6.55. The Bertz CT molecular complexity index is 1010. The SMILES string of the molecule is O=c1[nH]c(-c2cncnc2)nc2c1CN(Cc1cccc(Cl)c1F)CC2. The van der Waals surface area contributed by atoms with Gasteiger partial charge >= 0.3 is 0 Å². The van der Waals surface area contributed by atoms with Gasteiger partial charge in [-0.2, -0.15) is 0 Å². The summed E-state index contributed by atoms with van der Waals surface area (Å²) < 4.78 is 14.1. The van der Waals surface area contributed by atoms with Gasteiger partial charge in [-0.3, -0.25) is 9.69 Å².